The van der Waals surface area contributed by atoms with Crippen LogP contribution in [0.25, 0.3) is 6.08 Å². The van der Waals surface area contributed by atoms with E-state index in [1.807, 2.05) is 0 Å². The van der Waals surface area contributed by atoms with Crippen molar-refractivity contribution in [1.82, 2.24) is 0 Å². The van der Waals surface area contributed by atoms with Gasteiger partial charge in [-0.1, -0.05) is 49.8 Å². The van der Waals surface area contributed by atoms with Crippen molar-refractivity contribution >= 4 is 17.8 Å². The minimum Gasteiger partial charge on any atom is -0.370 e. The quantitative estimate of drug-likeness (QED) is 0.715. The molecule has 1 aromatic rings. The van der Waals surface area contributed by atoms with E-state index in [2.05, 4.69) is 55.1 Å². The average Bonchev–Trinajstić information content (AvgIpc) is 3.02. The summed E-state index contributed by atoms with van der Waals surface area (Å²) >= 11 is 2.08. The van der Waals surface area contributed by atoms with E-state index in [1.54, 1.807) is 0 Å². The van der Waals surface area contributed by atoms with Crippen LogP contribution in [-0.2, 0) is 10.3 Å². The lowest BCUT2D eigenvalue weighted by atomic mass is 9.74. The van der Waals surface area contributed by atoms with Crippen LogP contribution in [-0.4, -0.2) is 18.1 Å². The van der Waals surface area contributed by atoms with Gasteiger partial charge in [0.2, 0.25) is 0 Å². The Labute approximate surface area is 126 Å². The Balaban J connectivity index is 1.95. The lowest BCUT2D eigenvalue weighted by Gasteiger charge is -2.41. The van der Waals surface area contributed by atoms with Gasteiger partial charge in [0.05, 0.1) is 0 Å². The summed E-state index contributed by atoms with van der Waals surface area (Å²) in [5.41, 5.74) is 2.71. The van der Waals surface area contributed by atoms with Crippen molar-refractivity contribution < 1.29 is 4.74 Å². The first-order valence-electron chi connectivity index (χ1n) is 7.84. The molecule has 2 aliphatic rings. The molecule has 0 spiro atoms. The van der Waals surface area contributed by atoms with Gasteiger partial charge in [-0.15, -0.1) is 0 Å². The summed E-state index contributed by atoms with van der Waals surface area (Å²) in [4.78, 5) is 0. The van der Waals surface area contributed by atoms with E-state index in [9.17, 15) is 0 Å². The number of hydrogen-bond donors (Lipinski definition) is 0. The normalized spacial score (nSPS) is 28.6. The second-order valence-electron chi connectivity index (χ2n) is 5.85. The lowest BCUT2D eigenvalue weighted by Crippen LogP contribution is -2.40. The molecular weight excluding hydrogens is 264 g/mol. The Kier molecular flexibility index (Phi) is 4.52. The minimum absolute atomic E-state index is 0.0655. The molecule has 108 valence electrons. The second kappa shape index (κ2) is 6.36. The number of unbranched alkanes of at least 4 members (excludes halogenated alkanes) is 1. The van der Waals surface area contributed by atoms with Crippen LogP contribution < -0.4 is 0 Å². The first-order chi connectivity index (χ1) is 9.87. The van der Waals surface area contributed by atoms with Gasteiger partial charge in [0.25, 0.3) is 0 Å². The van der Waals surface area contributed by atoms with Crippen LogP contribution in [0.3, 0.4) is 0 Å². The van der Waals surface area contributed by atoms with Crippen molar-refractivity contribution in [1.29, 1.82) is 0 Å². The van der Waals surface area contributed by atoms with Gasteiger partial charge in [0.15, 0.2) is 0 Å². The third kappa shape index (κ3) is 2.56. The van der Waals surface area contributed by atoms with E-state index in [4.69, 9.17) is 4.74 Å². The molecule has 2 unspecified atom stereocenters. The van der Waals surface area contributed by atoms with Gasteiger partial charge in [-0.25, -0.2) is 0 Å². The third-order valence-corrected chi connectivity index (χ3v) is 5.74. The van der Waals surface area contributed by atoms with E-state index < -0.39 is 0 Å². The molecule has 3 rings (SSSR count). The predicted molar refractivity (Wildman–Crippen MR) is 88.1 cm³/mol. The zero-order valence-electron chi connectivity index (χ0n) is 12.3. The van der Waals surface area contributed by atoms with E-state index in [1.165, 1.54) is 35.5 Å². The molecule has 0 aromatic heterocycles. The first-order valence-corrected chi connectivity index (χ1v) is 9.00. The van der Waals surface area contributed by atoms with E-state index in [-0.39, 0.29) is 5.60 Å². The molecule has 2 heteroatoms. The SMILES string of the molecule is CCCCOC1(C2CCSC2)CC=Cc2ccccc21. The van der Waals surface area contributed by atoms with E-state index >= 15 is 0 Å². The summed E-state index contributed by atoms with van der Waals surface area (Å²) in [6.45, 7) is 3.12. The Morgan fingerprint density at radius 3 is 3.05 bits per heavy atom. The van der Waals surface area contributed by atoms with Crippen LogP contribution in [0.2, 0.25) is 0 Å². The number of hydrogen-bond acceptors (Lipinski definition) is 2. The third-order valence-electron chi connectivity index (χ3n) is 4.58. The maximum atomic E-state index is 6.56. The zero-order chi connectivity index (χ0) is 13.8. The first kappa shape index (κ1) is 14.2. The molecule has 0 N–H and O–H groups in total. The minimum atomic E-state index is -0.0655. The zero-order valence-corrected chi connectivity index (χ0v) is 13.1. The molecule has 1 saturated heterocycles. The lowest BCUT2D eigenvalue weighted by molar-refractivity contribution is -0.0871. The smallest absolute Gasteiger partial charge is 0.101 e. The molecule has 1 heterocycles. The van der Waals surface area contributed by atoms with Crippen molar-refractivity contribution in [3.05, 3.63) is 41.5 Å². The number of ether oxygens (including phenoxy) is 1. The summed E-state index contributed by atoms with van der Waals surface area (Å²) in [5, 5.41) is 0. The molecule has 20 heavy (non-hydrogen) atoms. The van der Waals surface area contributed by atoms with Gasteiger partial charge in [-0.3, -0.25) is 0 Å². The van der Waals surface area contributed by atoms with Crippen molar-refractivity contribution in [3.63, 3.8) is 0 Å². The van der Waals surface area contributed by atoms with Gasteiger partial charge >= 0.3 is 0 Å². The molecule has 2 atom stereocenters. The van der Waals surface area contributed by atoms with E-state index in [0.29, 0.717) is 5.92 Å². The average molecular weight is 288 g/mol. The van der Waals surface area contributed by atoms with Gasteiger partial charge in [-0.2, -0.15) is 11.8 Å². The van der Waals surface area contributed by atoms with Crippen molar-refractivity contribution in [2.24, 2.45) is 5.92 Å². The van der Waals surface area contributed by atoms with Crippen molar-refractivity contribution in [2.45, 2.75) is 38.2 Å². The number of rotatable bonds is 5. The Morgan fingerprint density at radius 1 is 1.35 bits per heavy atom. The summed E-state index contributed by atoms with van der Waals surface area (Å²) in [5.74, 6) is 3.19. The largest absolute Gasteiger partial charge is 0.370 e. The predicted octanol–water partition coefficient (Wildman–Crippen LogP) is 4.87. The molecule has 1 fully saturated rings. The second-order valence-corrected chi connectivity index (χ2v) is 7.00. The fraction of sp³-hybridized carbons (Fsp3) is 0.556. The van der Waals surface area contributed by atoms with Gasteiger partial charge < -0.3 is 4.74 Å². The van der Waals surface area contributed by atoms with Crippen LogP contribution in [0.4, 0.5) is 0 Å². The standard InChI is InChI=1S/C18H24OS/c1-2-3-12-19-18(16-10-13-20-14-16)11-6-8-15-7-4-5-9-17(15)18/h4-9,16H,2-3,10-14H2,1H3. The molecule has 0 bridgehead atoms. The van der Waals surface area contributed by atoms with Crippen LogP contribution in [0.15, 0.2) is 30.3 Å². The Hall–Kier alpha value is -0.730. The monoisotopic (exact) mass is 288 g/mol. The summed E-state index contributed by atoms with van der Waals surface area (Å²) < 4.78 is 6.56. The number of thioether (sulfide) groups is 1. The molecule has 1 aliphatic heterocycles. The highest BCUT2D eigenvalue weighted by Crippen LogP contribution is 2.47. The Bertz CT molecular complexity index is 476. The number of benzene rings is 1. The number of fused-ring (bicyclic) bond motifs is 1. The fourth-order valence-electron chi connectivity index (χ4n) is 3.44. The molecular formula is C18H24OS. The van der Waals surface area contributed by atoms with Crippen LogP contribution in [0, 0.1) is 5.92 Å². The maximum absolute atomic E-state index is 6.56. The van der Waals surface area contributed by atoms with E-state index in [0.717, 1.165) is 19.4 Å². The Morgan fingerprint density at radius 2 is 2.25 bits per heavy atom. The maximum Gasteiger partial charge on any atom is 0.101 e. The highest BCUT2D eigenvalue weighted by atomic mass is 32.2. The van der Waals surface area contributed by atoms with Gasteiger partial charge in [-0.05, 0) is 41.9 Å². The summed E-state index contributed by atoms with van der Waals surface area (Å²) in [7, 11) is 0. The topological polar surface area (TPSA) is 9.23 Å². The highest BCUT2D eigenvalue weighted by molar-refractivity contribution is 7.99. The highest BCUT2D eigenvalue weighted by Gasteiger charge is 2.44. The van der Waals surface area contributed by atoms with Crippen LogP contribution in [0.5, 0.6) is 0 Å². The molecule has 0 radical (unpaired) electrons. The fourth-order valence-corrected chi connectivity index (χ4v) is 4.78. The molecule has 1 aromatic carbocycles. The van der Waals surface area contributed by atoms with Gasteiger partial charge in [0.1, 0.15) is 5.60 Å². The summed E-state index contributed by atoms with van der Waals surface area (Å²) in [6.07, 6.45) is 9.27. The molecule has 0 amide bonds. The molecule has 1 nitrogen and oxygen atoms in total. The van der Waals surface area contributed by atoms with Crippen LogP contribution >= 0.6 is 11.8 Å². The van der Waals surface area contributed by atoms with Crippen molar-refractivity contribution in [3.8, 4) is 0 Å². The van der Waals surface area contributed by atoms with Crippen molar-refractivity contribution in [2.75, 3.05) is 18.1 Å². The van der Waals surface area contributed by atoms with Crippen LogP contribution in [0.1, 0.15) is 43.7 Å². The molecule has 1 aliphatic carbocycles. The van der Waals surface area contributed by atoms with Gasteiger partial charge in [0, 0.05) is 12.5 Å². The molecule has 0 saturated carbocycles. The summed E-state index contributed by atoms with van der Waals surface area (Å²) in [6, 6.07) is 8.81.